The predicted molar refractivity (Wildman–Crippen MR) is 131 cm³/mol. The van der Waals surface area contributed by atoms with Crippen LogP contribution in [0.4, 0.5) is 11.4 Å². The molecule has 2 unspecified atom stereocenters. The average molecular weight is 464 g/mol. The van der Waals surface area contributed by atoms with Crippen molar-refractivity contribution >= 4 is 29.1 Å². The van der Waals surface area contributed by atoms with Crippen LogP contribution in [0.25, 0.3) is 0 Å². The van der Waals surface area contributed by atoms with Crippen molar-refractivity contribution in [3.05, 3.63) is 36.0 Å². The van der Waals surface area contributed by atoms with E-state index in [1.54, 1.807) is 7.05 Å². The Morgan fingerprint density at radius 1 is 1.06 bits per heavy atom. The number of fused-ring (bicyclic) bond motifs is 1. The van der Waals surface area contributed by atoms with Crippen molar-refractivity contribution in [3.63, 3.8) is 0 Å². The molecule has 3 saturated heterocycles. The molecule has 0 bridgehead atoms. The van der Waals surface area contributed by atoms with Crippen LogP contribution in [-0.4, -0.2) is 78.5 Å². The number of carbonyl (C=O) groups is 2. The molecule has 34 heavy (non-hydrogen) atoms. The lowest BCUT2D eigenvalue weighted by Gasteiger charge is -2.39. The van der Waals surface area contributed by atoms with Crippen molar-refractivity contribution in [3.8, 4) is 0 Å². The second-order valence-corrected chi connectivity index (χ2v) is 10.1. The van der Waals surface area contributed by atoms with Crippen molar-refractivity contribution in [2.24, 2.45) is 4.99 Å². The summed E-state index contributed by atoms with van der Waals surface area (Å²) < 4.78 is 0. The Bertz CT molecular complexity index is 1040. The zero-order chi connectivity index (χ0) is 23.3. The highest BCUT2D eigenvalue weighted by Gasteiger charge is 2.62. The highest BCUT2D eigenvalue weighted by molar-refractivity contribution is 6.09. The first-order valence-electron chi connectivity index (χ1n) is 12.5. The summed E-state index contributed by atoms with van der Waals surface area (Å²) in [5.41, 5.74) is 2.49. The fourth-order valence-corrected chi connectivity index (χ4v) is 6.35. The van der Waals surface area contributed by atoms with Crippen LogP contribution >= 0.6 is 0 Å². The highest BCUT2D eigenvalue weighted by Crippen LogP contribution is 2.49. The van der Waals surface area contributed by atoms with E-state index < -0.39 is 5.54 Å². The molecule has 0 radical (unpaired) electrons. The number of hydrogen-bond donors (Lipinski definition) is 3. The topological polar surface area (TPSA) is 92.3 Å². The summed E-state index contributed by atoms with van der Waals surface area (Å²) >= 11 is 0. The molecule has 4 fully saturated rings. The summed E-state index contributed by atoms with van der Waals surface area (Å²) in [5, 5.41) is 10.1. The van der Waals surface area contributed by atoms with Gasteiger partial charge in [0.1, 0.15) is 11.7 Å². The number of likely N-dealkylation sites (tertiary alicyclic amines) is 2. The molecule has 2 amide bonds. The molecule has 1 aromatic carbocycles. The van der Waals surface area contributed by atoms with Crippen molar-refractivity contribution in [1.29, 1.82) is 0 Å². The molecule has 5 aliphatic rings. The van der Waals surface area contributed by atoms with Gasteiger partial charge in [0.15, 0.2) is 0 Å². The van der Waals surface area contributed by atoms with Gasteiger partial charge in [-0.1, -0.05) is 12.8 Å². The average Bonchev–Trinajstić information content (AvgIpc) is 3.54. The molecule has 1 saturated carbocycles. The van der Waals surface area contributed by atoms with E-state index in [9.17, 15) is 9.59 Å². The number of carbonyl (C=O) groups excluding carboxylic acids is 2. The molecule has 4 aliphatic heterocycles. The Morgan fingerprint density at radius 2 is 1.79 bits per heavy atom. The largest absolute Gasteiger partial charge is 0.369 e. The van der Waals surface area contributed by atoms with Gasteiger partial charge in [0.25, 0.3) is 0 Å². The summed E-state index contributed by atoms with van der Waals surface area (Å²) in [6.07, 6.45) is 7.01. The number of rotatable bonds is 3. The third-order valence-corrected chi connectivity index (χ3v) is 8.08. The monoisotopic (exact) mass is 463 g/mol. The SMILES string of the molecule is CN1C(=O)CC2(CC3=CNC(Nc4ccc(N5CCNCC5)cc4)=NC3N2C2CCCC2)C1=O. The second-order valence-electron chi connectivity index (χ2n) is 10.1. The van der Waals surface area contributed by atoms with Crippen LogP contribution < -0.4 is 20.9 Å². The first kappa shape index (κ1) is 21.6. The zero-order valence-corrected chi connectivity index (χ0v) is 19.7. The fraction of sp³-hybridized carbons (Fsp3) is 0.560. The molecule has 9 heteroatoms. The number of likely N-dealkylation sites (N-methyl/N-ethyl adjacent to an activating group) is 1. The predicted octanol–water partition coefficient (Wildman–Crippen LogP) is 1.45. The number of nitrogens with one attached hydrogen (secondary N) is 3. The maximum absolute atomic E-state index is 13.3. The normalized spacial score (nSPS) is 30.0. The summed E-state index contributed by atoms with van der Waals surface area (Å²) in [7, 11) is 1.61. The maximum atomic E-state index is 13.3. The Balaban J connectivity index is 1.24. The lowest BCUT2D eigenvalue weighted by atomic mass is 9.91. The van der Waals surface area contributed by atoms with Gasteiger partial charge in [0.05, 0.1) is 6.42 Å². The van der Waals surface area contributed by atoms with Crippen LogP contribution in [0.15, 0.2) is 41.0 Å². The van der Waals surface area contributed by atoms with Crippen LogP contribution in [0.1, 0.15) is 38.5 Å². The lowest BCUT2D eigenvalue weighted by molar-refractivity contribution is -0.141. The molecule has 1 aliphatic carbocycles. The Kier molecular flexibility index (Phi) is 5.33. The summed E-state index contributed by atoms with van der Waals surface area (Å²) in [4.78, 5) is 36.9. The van der Waals surface area contributed by atoms with E-state index in [1.807, 2.05) is 6.20 Å². The van der Waals surface area contributed by atoms with E-state index in [0.29, 0.717) is 12.4 Å². The fourth-order valence-electron chi connectivity index (χ4n) is 6.35. The van der Waals surface area contributed by atoms with E-state index in [-0.39, 0.29) is 30.4 Å². The van der Waals surface area contributed by atoms with Gasteiger partial charge in [-0.15, -0.1) is 0 Å². The highest BCUT2D eigenvalue weighted by atomic mass is 16.2. The van der Waals surface area contributed by atoms with Gasteiger partial charge in [-0.05, 0) is 42.7 Å². The van der Waals surface area contributed by atoms with Crippen LogP contribution in [0.2, 0.25) is 0 Å². The number of amides is 2. The molecule has 180 valence electrons. The number of benzene rings is 1. The third kappa shape index (κ3) is 3.49. The van der Waals surface area contributed by atoms with Crippen LogP contribution in [0.5, 0.6) is 0 Å². The second kappa shape index (κ2) is 8.39. The van der Waals surface area contributed by atoms with E-state index in [0.717, 1.165) is 63.1 Å². The van der Waals surface area contributed by atoms with E-state index in [4.69, 9.17) is 4.99 Å². The smallest absolute Gasteiger partial charge is 0.250 e. The summed E-state index contributed by atoms with van der Waals surface area (Å²) in [5.74, 6) is 0.508. The summed E-state index contributed by atoms with van der Waals surface area (Å²) in [6.45, 7) is 4.07. The molecule has 3 N–H and O–H groups in total. The van der Waals surface area contributed by atoms with Crippen molar-refractivity contribution in [2.45, 2.75) is 56.3 Å². The van der Waals surface area contributed by atoms with Crippen molar-refractivity contribution in [2.75, 3.05) is 43.4 Å². The number of imide groups is 1. The minimum Gasteiger partial charge on any atom is -0.369 e. The number of guanidine groups is 1. The molecular formula is C25H33N7O2. The molecular weight excluding hydrogens is 430 g/mol. The number of piperazine rings is 1. The zero-order valence-electron chi connectivity index (χ0n) is 19.7. The van der Waals surface area contributed by atoms with Crippen molar-refractivity contribution < 1.29 is 9.59 Å². The van der Waals surface area contributed by atoms with Gasteiger partial charge in [-0.25, -0.2) is 4.99 Å². The molecule has 0 aromatic heterocycles. The first-order valence-corrected chi connectivity index (χ1v) is 12.5. The van der Waals surface area contributed by atoms with Crippen LogP contribution in [0, 0.1) is 0 Å². The van der Waals surface area contributed by atoms with Gasteiger partial charge in [-0.2, -0.15) is 0 Å². The Hall–Kier alpha value is -2.91. The minimum atomic E-state index is -0.789. The van der Waals surface area contributed by atoms with Gasteiger partial charge in [0, 0.05) is 63.3 Å². The number of nitrogens with zero attached hydrogens (tertiary/aromatic N) is 4. The van der Waals surface area contributed by atoms with E-state index in [2.05, 4.69) is 50.0 Å². The van der Waals surface area contributed by atoms with Gasteiger partial charge in [0.2, 0.25) is 17.8 Å². The summed E-state index contributed by atoms with van der Waals surface area (Å²) in [6, 6.07) is 8.73. The van der Waals surface area contributed by atoms with Crippen LogP contribution in [-0.2, 0) is 9.59 Å². The maximum Gasteiger partial charge on any atom is 0.250 e. The molecule has 2 atom stereocenters. The minimum absolute atomic E-state index is 0.0760. The third-order valence-electron chi connectivity index (χ3n) is 8.08. The Labute approximate surface area is 200 Å². The van der Waals surface area contributed by atoms with Gasteiger partial charge >= 0.3 is 0 Å². The first-order chi connectivity index (χ1) is 16.5. The van der Waals surface area contributed by atoms with E-state index >= 15 is 0 Å². The number of aliphatic imine (C=N–C) groups is 1. The lowest BCUT2D eigenvalue weighted by Crippen LogP contribution is -2.56. The van der Waals surface area contributed by atoms with Crippen LogP contribution in [0.3, 0.4) is 0 Å². The van der Waals surface area contributed by atoms with Gasteiger partial charge in [-0.3, -0.25) is 19.4 Å². The Morgan fingerprint density at radius 3 is 2.47 bits per heavy atom. The molecule has 1 spiro atoms. The van der Waals surface area contributed by atoms with E-state index in [1.165, 1.54) is 10.6 Å². The van der Waals surface area contributed by atoms with Gasteiger partial charge < -0.3 is 20.9 Å². The quantitative estimate of drug-likeness (QED) is 0.585. The number of anilines is 2. The molecule has 6 rings (SSSR count). The standard InChI is InChI=1S/C25H33N7O2/c1-30-21(33)15-25(23(30)34)14-17-16-27-24(29-22(17)32(25)20-4-2-3-5-20)28-18-6-8-19(9-7-18)31-12-10-26-11-13-31/h6-9,16,20,22,26H,2-5,10-15H2,1H3,(H2,27,28,29). The van der Waals surface area contributed by atoms with Crippen molar-refractivity contribution in [1.82, 2.24) is 20.4 Å². The molecule has 4 heterocycles. The number of hydrogen-bond acceptors (Lipinski definition) is 8. The molecule has 1 aromatic rings. The molecule has 9 nitrogen and oxygen atoms in total.